The summed E-state index contributed by atoms with van der Waals surface area (Å²) in [5.41, 5.74) is 0.693. The van der Waals surface area contributed by atoms with Gasteiger partial charge in [0.2, 0.25) is 0 Å². The summed E-state index contributed by atoms with van der Waals surface area (Å²) in [6.45, 7) is 0.404. The Balaban J connectivity index is 2.22. The molecule has 0 bridgehead atoms. The number of thiazole rings is 1. The van der Waals surface area contributed by atoms with Crippen molar-refractivity contribution >= 4 is 22.9 Å². The zero-order chi connectivity index (χ0) is 10.8. The number of hydrogen-bond acceptors (Lipinski definition) is 4. The van der Waals surface area contributed by atoms with Crippen LogP contribution in [0.1, 0.15) is 10.7 Å². The van der Waals surface area contributed by atoms with E-state index in [-0.39, 0.29) is 5.69 Å². The van der Waals surface area contributed by atoms with E-state index < -0.39 is 0 Å². The Hall–Kier alpha value is -1.14. The van der Waals surface area contributed by atoms with Gasteiger partial charge in [-0.1, -0.05) is 0 Å². The Bertz CT molecular complexity index is 515. The van der Waals surface area contributed by atoms with Crippen molar-refractivity contribution in [1.29, 1.82) is 0 Å². The second-order valence-electron chi connectivity index (χ2n) is 3.05. The minimum atomic E-state index is -0.141. The molecule has 0 aliphatic rings. The summed E-state index contributed by atoms with van der Waals surface area (Å²) in [6, 6.07) is 0. The molecular formula is C8H9ClN4OS. The van der Waals surface area contributed by atoms with Crippen LogP contribution >= 0.6 is 22.9 Å². The molecule has 0 N–H and O–H groups in total. The summed E-state index contributed by atoms with van der Waals surface area (Å²) in [5.74, 6) is 0.396. The summed E-state index contributed by atoms with van der Waals surface area (Å²) >= 11 is 7.12. The van der Waals surface area contributed by atoms with E-state index in [2.05, 4.69) is 10.1 Å². The molecule has 80 valence electrons. The largest absolute Gasteiger partial charge is 0.345 e. The lowest BCUT2D eigenvalue weighted by molar-refractivity contribution is 0.643. The van der Waals surface area contributed by atoms with Crippen LogP contribution in [0.15, 0.2) is 16.5 Å². The topological polar surface area (TPSA) is 52.7 Å². The SMILES string of the molecule is Cn1cnn(Cc2nc(CCl)cs2)c1=O. The van der Waals surface area contributed by atoms with Gasteiger partial charge in [0.15, 0.2) is 0 Å². The van der Waals surface area contributed by atoms with E-state index in [9.17, 15) is 4.79 Å². The van der Waals surface area contributed by atoms with E-state index >= 15 is 0 Å². The molecule has 0 aliphatic heterocycles. The van der Waals surface area contributed by atoms with Gasteiger partial charge in [0.25, 0.3) is 0 Å². The summed E-state index contributed by atoms with van der Waals surface area (Å²) in [6.07, 6.45) is 1.48. The van der Waals surface area contributed by atoms with Crippen LogP contribution in [0.25, 0.3) is 0 Å². The van der Waals surface area contributed by atoms with Crippen LogP contribution in [0.2, 0.25) is 0 Å². The van der Waals surface area contributed by atoms with Gasteiger partial charge in [0.05, 0.1) is 18.1 Å². The number of aromatic nitrogens is 4. The number of hydrogen-bond donors (Lipinski definition) is 0. The van der Waals surface area contributed by atoms with Gasteiger partial charge >= 0.3 is 5.69 Å². The van der Waals surface area contributed by atoms with E-state index in [0.717, 1.165) is 10.7 Å². The van der Waals surface area contributed by atoms with Gasteiger partial charge in [-0.3, -0.25) is 4.57 Å². The van der Waals surface area contributed by atoms with Crippen molar-refractivity contribution < 1.29 is 0 Å². The Morgan fingerprint density at radius 1 is 1.60 bits per heavy atom. The third-order valence-electron chi connectivity index (χ3n) is 1.91. The average molecular weight is 245 g/mol. The molecule has 7 heteroatoms. The summed E-state index contributed by atoms with van der Waals surface area (Å²) in [7, 11) is 1.66. The number of alkyl halides is 1. The third-order valence-corrected chi connectivity index (χ3v) is 3.06. The van der Waals surface area contributed by atoms with Crippen molar-refractivity contribution in [3.05, 3.63) is 32.9 Å². The van der Waals surface area contributed by atoms with Crippen LogP contribution in [0.3, 0.4) is 0 Å². The maximum absolute atomic E-state index is 11.5. The molecule has 0 spiro atoms. The first-order valence-corrected chi connectivity index (χ1v) is 5.70. The standard InChI is InChI=1S/C8H9ClN4OS/c1-12-5-10-13(8(12)14)3-7-11-6(2-9)4-15-7/h4-5H,2-3H2,1H3. The molecule has 0 saturated heterocycles. The van der Waals surface area contributed by atoms with E-state index in [4.69, 9.17) is 11.6 Å². The first kappa shape index (κ1) is 10.4. The van der Waals surface area contributed by atoms with Gasteiger partial charge in [0, 0.05) is 12.4 Å². The van der Waals surface area contributed by atoms with Gasteiger partial charge in [-0.15, -0.1) is 22.9 Å². The highest BCUT2D eigenvalue weighted by Crippen LogP contribution is 2.11. The molecule has 2 rings (SSSR count). The smallest absolute Gasteiger partial charge is 0.285 e. The second kappa shape index (κ2) is 4.16. The Kier molecular flexibility index (Phi) is 2.88. The van der Waals surface area contributed by atoms with Gasteiger partial charge in [-0.05, 0) is 0 Å². The fraction of sp³-hybridized carbons (Fsp3) is 0.375. The van der Waals surface area contributed by atoms with Crippen molar-refractivity contribution in [2.75, 3.05) is 0 Å². The van der Waals surface area contributed by atoms with Crippen LogP contribution < -0.4 is 5.69 Å². The molecule has 0 saturated carbocycles. The normalized spacial score (nSPS) is 10.8. The predicted octanol–water partition coefficient (Wildman–Crippen LogP) is 0.825. The van der Waals surface area contributed by atoms with Crippen LogP contribution in [0, 0.1) is 0 Å². The molecule has 2 aromatic heterocycles. The highest BCUT2D eigenvalue weighted by Gasteiger charge is 2.06. The Morgan fingerprint density at radius 2 is 2.40 bits per heavy atom. The summed E-state index contributed by atoms with van der Waals surface area (Å²) in [4.78, 5) is 15.7. The van der Waals surface area contributed by atoms with Crippen molar-refractivity contribution in [1.82, 2.24) is 19.3 Å². The van der Waals surface area contributed by atoms with Gasteiger partial charge in [-0.2, -0.15) is 5.10 Å². The lowest BCUT2D eigenvalue weighted by Gasteiger charge is -1.93. The van der Waals surface area contributed by atoms with Gasteiger partial charge in [-0.25, -0.2) is 14.5 Å². The van der Waals surface area contributed by atoms with Crippen molar-refractivity contribution in [3.8, 4) is 0 Å². The van der Waals surface area contributed by atoms with Crippen molar-refractivity contribution in [2.45, 2.75) is 12.4 Å². The highest BCUT2D eigenvalue weighted by atomic mass is 35.5. The van der Waals surface area contributed by atoms with E-state index in [1.807, 2.05) is 5.38 Å². The zero-order valence-corrected chi connectivity index (χ0v) is 9.62. The highest BCUT2D eigenvalue weighted by molar-refractivity contribution is 7.09. The first-order valence-electron chi connectivity index (χ1n) is 4.28. The maximum atomic E-state index is 11.5. The van der Waals surface area contributed by atoms with Gasteiger partial charge < -0.3 is 0 Å². The third kappa shape index (κ3) is 2.10. The molecule has 0 fully saturated rings. The van der Waals surface area contributed by atoms with Crippen LogP contribution in [0.4, 0.5) is 0 Å². The minimum Gasteiger partial charge on any atom is -0.285 e. The number of rotatable bonds is 3. The zero-order valence-electron chi connectivity index (χ0n) is 8.05. The molecule has 0 atom stereocenters. The monoisotopic (exact) mass is 244 g/mol. The van der Waals surface area contributed by atoms with Crippen LogP contribution in [-0.4, -0.2) is 19.3 Å². The molecule has 0 amide bonds. The minimum absolute atomic E-state index is 0.141. The molecule has 5 nitrogen and oxygen atoms in total. The van der Waals surface area contributed by atoms with Crippen molar-refractivity contribution in [3.63, 3.8) is 0 Å². The number of halogens is 1. The Morgan fingerprint density at radius 3 is 2.93 bits per heavy atom. The van der Waals surface area contributed by atoms with Crippen LogP contribution in [-0.2, 0) is 19.5 Å². The van der Waals surface area contributed by atoms with Crippen LogP contribution in [0.5, 0.6) is 0 Å². The van der Waals surface area contributed by atoms with Crippen molar-refractivity contribution in [2.24, 2.45) is 7.05 Å². The van der Waals surface area contributed by atoms with E-state index in [1.165, 1.54) is 26.9 Å². The molecule has 2 heterocycles. The fourth-order valence-electron chi connectivity index (χ4n) is 1.14. The molecule has 0 unspecified atom stereocenters. The molecule has 2 aromatic rings. The molecule has 0 aromatic carbocycles. The maximum Gasteiger partial charge on any atom is 0.345 e. The lowest BCUT2D eigenvalue weighted by atomic mass is 10.6. The van der Waals surface area contributed by atoms with Gasteiger partial charge in [0.1, 0.15) is 11.3 Å². The summed E-state index contributed by atoms with van der Waals surface area (Å²) in [5, 5.41) is 6.67. The average Bonchev–Trinajstić information content (AvgIpc) is 2.80. The number of aryl methyl sites for hydroxylation is 1. The summed E-state index contributed by atoms with van der Waals surface area (Å²) < 4.78 is 2.80. The molecule has 15 heavy (non-hydrogen) atoms. The molecular weight excluding hydrogens is 236 g/mol. The predicted molar refractivity (Wildman–Crippen MR) is 58.2 cm³/mol. The second-order valence-corrected chi connectivity index (χ2v) is 4.26. The fourth-order valence-corrected chi connectivity index (χ4v) is 2.14. The quantitative estimate of drug-likeness (QED) is 0.752. The van der Waals surface area contributed by atoms with E-state index in [1.54, 1.807) is 7.05 Å². The Labute approximate surface area is 94.9 Å². The molecule has 0 radical (unpaired) electrons. The number of nitrogens with zero attached hydrogens (tertiary/aromatic N) is 4. The lowest BCUT2D eigenvalue weighted by Crippen LogP contribution is -2.23. The molecule has 0 aliphatic carbocycles. The first-order chi connectivity index (χ1) is 7.20. The van der Waals surface area contributed by atoms with E-state index in [0.29, 0.717) is 12.4 Å².